The first kappa shape index (κ1) is 16.0. The Morgan fingerprint density at radius 1 is 1.42 bits per heavy atom. The summed E-state index contributed by atoms with van der Waals surface area (Å²) in [5, 5.41) is 0.530. The van der Waals surface area contributed by atoms with E-state index in [4.69, 9.17) is 17.3 Å². The van der Waals surface area contributed by atoms with Crippen molar-refractivity contribution in [2.45, 2.75) is 13.8 Å². The molecule has 1 aromatic carbocycles. The standard InChI is InChI=1S/C13H16BrClN2O2/c1-8(2)6-17(7-12(16)18)13(19)9-3-4-11(15)10(14)5-9/h3-5,8H,6-7H2,1-2H3,(H2,16,18). The fourth-order valence-electron chi connectivity index (χ4n) is 1.66. The predicted octanol–water partition coefficient (Wildman–Crippen LogP) is 2.69. The zero-order valence-electron chi connectivity index (χ0n) is 10.8. The van der Waals surface area contributed by atoms with E-state index in [-0.39, 0.29) is 18.4 Å². The number of amides is 2. The van der Waals surface area contributed by atoms with Gasteiger partial charge >= 0.3 is 0 Å². The van der Waals surface area contributed by atoms with Gasteiger partial charge in [0.1, 0.15) is 0 Å². The van der Waals surface area contributed by atoms with Gasteiger partial charge in [0.2, 0.25) is 5.91 Å². The van der Waals surface area contributed by atoms with Crippen LogP contribution in [-0.2, 0) is 4.79 Å². The maximum Gasteiger partial charge on any atom is 0.254 e. The highest BCUT2D eigenvalue weighted by Gasteiger charge is 2.19. The highest BCUT2D eigenvalue weighted by atomic mass is 79.9. The largest absolute Gasteiger partial charge is 0.368 e. The molecular formula is C13H16BrClN2O2. The van der Waals surface area contributed by atoms with Gasteiger partial charge in [-0.1, -0.05) is 25.4 Å². The number of carbonyl (C=O) groups excluding carboxylic acids is 2. The van der Waals surface area contributed by atoms with Crippen LogP contribution < -0.4 is 5.73 Å². The fourth-order valence-corrected chi connectivity index (χ4v) is 2.16. The summed E-state index contributed by atoms with van der Waals surface area (Å²) in [4.78, 5) is 24.8. The molecule has 0 aliphatic rings. The topological polar surface area (TPSA) is 63.4 Å². The molecule has 104 valence electrons. The van der Waals surface area contributed by atoms with Crippen LogP contribution in [0.5, 0.6) is 0 Å². The number of rotatable bonds is 5. The quantitative estimate of drug-likeness (QED) is 0.890. The average Bonchev–Trinajstić information content (AvgIpc) is 2.29. The van der Waals surface area contributed by atoms with E-state index in [2.05, 4.69) is 15.9 Å². The number of nitrogens with two attached hydrogens (primary N) is 1. The lowest BCUT2D eigenvalue weighted by Crippen LogP contribution is -2.40. The summed E-state index contributed by atoms with van der Waals surface area (Å²) in [5.74, 6) is -0.508. The monoisotopic (exact) mass is 346 g/mol. The van der Waals surface area contributed by atoms with E-state index in [9.17, 15) is 9.59 Å². The van der Waals surface area contributed by atoms with Gasteiger partial charge in [-0.25, -0.2) is 0 Å². The Morgan fingerprint density at radius 3 is 2.53 bits per heavy atom. The van der Waals surface area contributed by atoms with Crippen molar-refractivity contribution in [1.29, 1.82) is 0 Å². The molecule has 0 spiro atoms. The molecule has 0 saturated heterocycles. The molecule has 0 radical (unpaired) electrons. The van der Waals surface area contributed by atoms with Crippen molar-refractivity contribution in [3.8, 4) is 0 Å². The molecule has 6 heteroatoms. The molecule has 0 unspecified atom stereocenters. The molecule has 0 aliphatic carbocycles. The minimum Gasteiger partial charge on any atom is -0.368 e. The lowest BCUT2D eigenvalue weighted by atomic mass is 10.1. The van der Waals surface area contributed by atoms with Crippen molar-refractivity contribution in [3.63, 3.8) is 0 Å². The summed E-state index contributed by atoms with van der Waals surface area (Å²) in [6.45, 7) is 4.33. The molecule has 4 nitrogen and oxygen atoms in total. The third-order valence-corrected chi connectivity index (χ3v) is 3.60. The van der Waals surface area contributed by atoms with Crippen LogP contribution in [0.15, 0.2) is 22.7 Å². The van der Waals surface area contributed by atoms with Crippen molar-refractivity contribution in [1.82, 2.24) is 4.90 Å². The summed E-state index contributed by atoms with van der Waals surface area (Å²) >= 11 is 9.16. The molecular weight excluding hydrogens is 332 g/mol. The zero-order chi connectivity index (χ0) is 14.6. The number of carbonyl (C=O) groups is 2. The molecule has 1 rings (SSSR count). The van der Waals surface area contributed by atoms with E-state index in [0.29, 0.717) is 21.6 Å². The van der Waals surface area contributed by atoms with Crippen molar-refractivity contribution in [2.24, 2.45) is 11.7 Å². The summed E-state index contributed by atoms with van der Waals surface area (Å²) < 4.78 is 0.642. The van der Waals surface area contributed by atoms with Gasteiger partial charge in [0.25, 0.3) is 5.91 Å². The van der Waals surface area contributed by atoms with Gasteiger partial charge in [0.05, 0.1) is 11.6 Å². The van der Waals surface area contributed by atoms with Crippen LogP contribution in [0.2, 0.25) is 5.02 Å². The Balaban J connectivity index is 2.97. The molecule has 1 aromatic rings. The lowest BCUT2D eigenvalue weighted by molar-refractivity contribution is -0.118. The smallest absolute Gasteiger partial charge is 0.254 e. The van der Waals surface area contributed by atoms with Crippen molar-refractivity contribution in [2.75, 3.05) is 13.1 Å². The molecule has 0 aromatic heterocycles. The van der Waals surface area contributed by atoms with Crippen LogP contribution in [0.4, 0.5) is 0 Å². The lowest BCUT2D eigenvalue weighted by Gasteiger charge is -2.23. The maximum atomic E-state index is 12.3. The second kappa shape index (κ2) is 6.91. The number of halogens is 2. The van der Waals surface area contributed by atoms with Gasteiger partial charge in [-0.3, -0.25) is 9.59 Å². The van der Waals surface area contributed by atoms with Crippen LogP contribution in [-0.4, -0.2) is 29.8 Å². The Bertz CT molecular complexity index is 492. The summed E-state index contributed by atoms with van der Waals surface area (Å²) in [6.07, 6.45) is 0. The Kier molecular flexibility index (Phi) is 5.82. The Hall–Kier alpha value is -1.07. The van der Waals surface area contributed by atoms with Crippen LogP contribution in [0.25, 0.3) is 0 Å². The minimum atomic E-state index is -0.526. The van der Waals surface area contributed by atoms with E-state index < -0.39 is 5.91 Å². The van der Waals surface area contributed by atoms with Crippen molar-refractivity contribution in [3.05, 3.63) is 33.3 Å². The third kappa shape index (κ3) is 4.84. The zero-order valence-corrected chi connectivity index (χ0v) is 13.2. The number of hydrogen-bond donors (Lipinski definition) is 1. The normalized spacial score (nSPS) is 10.6. The van der Waals surface area contributed by atoms with Gasteiger partial charge in [0.15, 0.2) is 0 Å². The molecule has 0 bridgehead atoms. The molecule has 2 N–H and O–H groups in total. The first-order chi connectivity index (χ1) is 8.81. The van der Waals surface area contributed by atoms with Crippen molar-refractivity contribution >= 4 is 39.3 Å². The molecule has 0 fully saturated rings. The second-order valence-corrected chi connectivity index (χ2v) is 5.94. The minimum absolute atomic E-state index is 0.0861. The van der Waals surface area contributed by atoms with E-state index in [1.807, 2.05) is 13.8 Å². The SMILES string of the molecule is CC(C)CN(CC(N)=O)C(=O)c1ccc(Cl)c(Br)c1. The highest BCUT2D eigenvalue weighted by Crippen LogP contribution is 2.24. The molecule has 19 heavy (non-hydrogen) atoms. The van der Waals surface area contributed by atoms with Gasteiger partial charge in [-0.15, -0.1) is 0 Å². The molecule has 2 amide bonds. The van der Waals surface area contributed by atoms with Gasteiger partial charge in [-0.2, -0.15) is 0 Å². The van der Waals surface area contributed by atoms with Crippen molar-refractivity contribution < 1.29 is 9.59 Å². The van der Waals surface area contributed by atoms with Crippen LogP contribution >= 0.6 is 27.5 Å². The maximum absolute atomic E-state index is 12.3. The average molecular weight is 348 g/mol. The van der Waals surface area contributed by atoms with Gasteiger partial charge < -0.3 is 10.6 Å². The summed E-state index contributed by atoms with van der Waals surface area (Å²) in [6, 6.07) is 4.90. The second-order valence-electron chi connectivity index (χ2n) is 4.67. The fraction of sp³-hybridized carbons (Fsp3) is 0.385. The molecule has 0 atom stereocenters. The van der Waals surface area contributed by atoms with Gasteiger partial charge in [-0.05, 0) is 40.0 Å². The van der Waals surface area contributed by atoms with Crippen LogP contribution in [0.3, 0.4) is 0 Å². The molecule has 0 heterocycles. The summed E-state index contributed by atoms with van der Waals surface area (Å²) in [5.41, 5.74) is 5.65. The third-order valence-electron chi connectivity index (χ3n) is 2.39. The Labute approximate surface area is 126 Å². The number of benzene rings is 1. The van der Waals surface area contributed by atoms with Crippen LogP contribution in [0.1, 0.15) is 24.2 Å². The van der Waals surface area contributed by atoms with Crippen LogP contribution in [0, 0.1) is 5.92 Å². The number of nitrogens with zero attached hydrogens (tertiary/aromatic N) is 1. The van der Waals surface area contributed by atoms with E-state index in [1.165, 1.54) is 4.90 Å². The molecule has 0 saturated carbocycles. The summed E-state index contributed by atoms with van der Waals surface area (Å²) in [7, 11) is 0. The van der Waals surface area contributed by atoms with Gasteiger partial charge in [0, 0.05) is 16.6 Å². The van der Waals surface area contributed by atoms with E-state index >= 15 is 0 Å². The first-order valence-electron chi connectivity index (χ1n) is 5.84. The molecule has 0 aliphatic heterocycles. The predicted molar refractivity (Wildman–Crippen MR) is 79.1 cm³/mol. The van der Waals surface area contributed by atoms with E-state index in [1.54, 1.807) is 18.2 Å². The van der Waals surface area contributed by atoms with E-state index in [0.717, 1.165) is 0 Å². The number of primary amides is 1. The number of hydrogen-bond acceptors (Lipinski definition) is 2. The highest BCUT2D eigenvalue weighted by molar-refractivity contribution is 9.10. The Morgan fingerprint density at radius 2 is 2.05 bits per heavy atom. The first-order valence-corrected chi connectivity index (χ1v) is 7.01.